The number of benzene rings is 3. The van der Waals surface area contributed by atoms with Crippen LogP contribution in [0.15, 0.2) is 66.7 Å². The normalized spacial score (nSPS) is 18.9. The van der Waals surface area contributed by atoms with E-state index in [4.69, 9.17) is 5.73 Å². The molecule has 210 valence electrons. The minimum Gasteiger partial charge on any atom is -0.508 e. The molecule has 0 aliphatic carbocycles. The highest BCUT2D eigenvalue weighted by Crippen LogP contribution is 2.43. The highest BCUT2D eigenvalue weighted by molar-refractivity contribution is 6.02. The molecule has 8 heteroatoms. The van der Waals surface area contributed by atoms with Crippen LogP contribution in [0.4, 0.5) is 4.39 Å². The molecule has 7 nitrogen and oxygen atoms in total. The Morgan fingerprint density at radius 2 is 1.40 bits per heavy atom. The molecule has 1 saturated heterocycles. The zero-order chi connectivity index (χ0) is 29.1. The van der Waals surface area contributed by atoms with Gasteiger partial charge in [-0.1, -0.05) is 50.2 Å². The number of carbonyl (C=O) groups is 3. The second kappa shape index (κ2) is 12.0. The molecule has 3 atom stereocenters. The number of ketones is 2. The average molecular weight is 547 g/mol. The van der Waals surface area contributed by atoms with Crippen LogP contribution >= 0.6 is 0 Å². The van der Waals surface area contributed by atoms with E-state index in [9.17, 15) is 29.0 Å². The van der Waals surface area contributed by atoms with E-state index in [0.29, 0.717) is 17.5 Å². The summed E-state index contributed by atoms with van der Waals surface area (Å²) >= 11 is 0. The summed E-state index contributed by atoms with van der Waals surface area (Å²) in [6.07, 6.45) is 0.430. The summed E-state index contributed by atoms with van der Waals surface area (Å²) < 4.78 is 14.9. The Hall–Kier alpha value is -4.04. The molecule has 1 heterocycles. The van der Waals surface area contributed by atoms with Crippen molar-refractivity contribution in [3.8, 4) is 11.5 Å². The number of piperidine rings is 1. The van der Waals surface area contributed by atoms with E-state index >= 15 is 0 Å². The predicted molar refractivity (Wildman–Crippen MR) is 150 cm³/mol. The number of nitrogens with two attached hydrogens (primary N) is 1. The minimum atomic E-state index is -0.865. The van der Waals surface area contributed by atoms with E-state index in [2.05, 4.69) is 0 Å². The fraction of sp³-hybridized carbons (Fsp3) is 0.344. The summed E-state index contributed by atoms with van der Waals surface area (Å²) in [6.45, 7) is 5.76. The summed E-state index contributed by atoms with van der Waals surface area (Å²) in [6, 6.07) is 15.8. The lowest BCUT2D eigenvalue weighted by Crippen LogP contribution is -2.57. The van der Waals surface area contributed by atoms with Crippen molar-refractivity contribution in [3.63, 3.8) is 0 Å². The largest absolute Gasteiger partial charge is 0.508 e. The molecule has 0 bridgehead atoms. The van der Waals surface area contributed by atoms with Gasteiger partial charge in [-0.2, -0.15) is 0 Å². The summed E-state index contributed by atoms with van der Waals surface area (Å²) in [7, 11) is 0. The molecule has 1 fully saturated rings. The number of likely N-dealkylation sites (tertiary alicyclic amines) is 1. The van der Waals surface area contributed by atoms with Crippen molar-refractivity contribution < 1.29 is 29.0 Å². The Bertz CT molecular complexity index is 1350. The van der Waals surface area contributed by atoms with Gasteiger partial charge >= 0.3 is 0 Å². The lowest BCUT2D eigenvalue weighted by Gasteiger charge is -2.46. The lowest BCUT2D eigenvalue weighted by molar-refractivity contribution is -0.125. The molecule has 0 radical (unpaired) electrons. The third-order valence-electron chi connectivity index (χ3n) is 7.80. The van der Waals surface area contributed by atoms with Crippen LogP contribution in [0, 0.1) is 30.5 Å². The number of nitrogens with zero attached hydrogens (tertiary/aromatic N) is 1. The maximum atomic E-state index is 14.9. The molecule has 40 heavy (non-hydrogen) atoms. The van der Waals surface area contributed by atoms with Gasteiger partial charge in [0.15, 0.2) is 11.6 Å². The van der Waals surface area contributed by atoms with E-state index in [1.807, 2.05) is 13.8 Å². The van der Waals surface area contributed by atoms with Gasteiger partial charge < -0.3 is 15.9 Å². The molecule has 4 rings (SSSR count). The van der Waals surface area contributed by atoms with Gasteiger partial charge in [0.2, 0.25) is 5.91 Å². The molecule has 4 N–H and O–H groups in total. The first-order valence-electron chi connectivity index (χ1n) is 13.4. The molecule has 1 aliphatic heterocycles. The van der Waals surface area contributed by atoms with Gasteiger partial charge in [-0.25, -0.2) is 4.39 Å². The van der Waals surface area contributed by atoms with Crippen molar-refractivity contribution in [2.75, 3.05) is 13.1 Å². The first kappa shape index (κ1) is 29.0. The van der Waals surface area contributed by atoms with Crippen molar-refractivity contribution in [2.45, 2.75) is 39.2 Å². The number of phenolic OH excluding ortho intramolecular Hbond substituents is 2. The maximum absolute atomic E-state index is 14.9. The van der Waals surface area contributed by atoms with Crippen molar-refractivity contribution in [1.29, 1.82) is 0 Å². The average Bonchev–Trinajstić information content (AvgIpc) is 2.91. The monoisotopic (exact) mass is 546 g/mol. The van der Waals surface area contributed by atoms with Gasteiger partial charge in [-0.05, 0) is 60.7 Å². The third kappa shape index (κ3) is 6.07. The highest BCUT2D eigenvalue weighted by atomic mass is 19.1. The third-order valence-corrected chi connectivity index (χ3v) is 7.80. The molecule has 1 amide bonds. The second-order valence-corrected chi connectivity index (χ2v) is 11.0. The molecular formula is C32H35FN2O5. The zero-order valence-corrected chi connectivity index (χ0v) is 22.9. The smallest absolute Gasteiger partial charge is 0.234 e. The topological polar surface area (TPSA) is 121 Å². The van der Waals surface area contributed by atoms with Crippen molar-refractivity contribution in [2.24, 2.45) is 23.5 Å². The van der Waals surface area contributed by atoms with Crippen LogP contribution in [0.3, 0.4) is 0 Å². The molecule has 1 unspecified atom stereocenters. The second-order valence-electron chi connectivity index (χ2n) is 11.0. The van der Waals surface area contributed by atoms with Crippen LogP contribution in [-0.4, -0.2) is 51.7 Å². The number of rotatable bonds is 9. The van der Waals surface area contributed by atoms with E-state index in [0.717, 1.165) is 0 Å². The van der Waals surface area contributed by atoms with Crippen LogP contribution in [0.2, 0.25) is 0 Å². The summed E-state index contributed by atoms with van der Waals surface area (Å²) in [5.41, 5.74) is 7.19. The van der Waals surface area contributed by atoms with Crippen molar-refractivity contribution >= 4 is 17.5 Å². The Morgan fingerprint density at radius 1 is 0.900 bits per heavy atom. The number of halogens is 1. The quantitative estimate of drug-likeness (QED) is 0.330. The van der Waals surface area contributed by atoms with Crippen LogP contribution in [0.5, 0.6) is 11.5 Å². The van der Waals surface area contributed by atoms with E-state index in [1.165, 1.54) is 30.3 Å². The number of carbonyl (C=O) groups excluding carboxylic acids is 3. The SMILES string of the molecule is Cc1c(F)cccc1C1[C@@H](C(=O)c2cccc(O)c2)CN(C(CC(C)C)C(N)=O)C[C@@H]1C(=O)c1cccc(O)c1. The Labute approximate surface area is 233 Å². The molecule has 0 spiro atoms. The predicted octanol–water partition coefficient (Wildman–Crippen LogP) is 4.84. The van der Waals surface area contributed by atoms with Crippen LogP contribution in [0.25, 0.3) is 0 Å². The van der Waals surface area contributed by atoms with E-state index in [1.54, 1.807) is 48.2 Å². The summed E-state index contributed by atoms with van der Waals surface area (Å²) in [4.78, 5) is 42.8. The number of hydrogen-bond donors (Lipinski definition) is 3. The fourth-order valence-electron chi connectivity index (χ4n) is 5.89. The number of primary amides is 1. The standard InChI is InChI=1S/C32H35FN2O5/c1-18(2)13-28(32(34)40)35-16-25(30(38)20-7-4-9-22(36)14-20)29(24-11-6-12-27(33)19(24)3)26(17-35)31(39)21-8-5-10-23(37)15-21/h4-12,14-15,18,25-26,28-29,36-37H,13,16-17H2,1-3H3,(H2,34,40)/t25-,26-,28?/m0/s1. The van der Waals surface area contributed by atoms with E-state index in [-0.39, 0.29) is 53.2 Å². The zero-order valence-electron chi connectivity index (χ0n) is 22.9. The first-order valence-corrected chi connectivity index (χ1v) is 13.4. The van der Waals surface area contributed by atoms with Gasteiger partial charge in [-0.3, -0.25) is 19.3 Å². The first-order chi connectivity index (χ1) is 19.0. The number of aromatic hydroxyl groups is 2. The highest BCUT2D eigenvalue weighted by Gasteiger charge is 2.47. The van der Waals surface area contributed by atoms with Gasteiger partial charge in [0.1, 0.15) is 17.3 Å². The molecule has 0 saturated carbocycles. The van der Waals surface area contributed by atoms with Crippen molar-refractivity contribution in [3.05, 3.63) is 94.8 Å². The van der Waals surface area contributed by atoms with Crippen LogP contribution < -0.4 is 5.73 Å². The van der Waals surface area contributed by atoms with Crippen molar-refractivity contribution in [1.82, 2.24) is 4.90 Å². The molecule has 3 aromatic rings. The Morgan fingerprint density at radius 3 is 1.85 bits per heavy atom. The van der Waals surface area contributed by atoms with Gasteiger partial charge in [0, 0.05) is 42.0 Å². The summed E-state index contributed by atoms with van der Waals surface area (Å²) in [5.74, 6) is -4.22. The van der Waals surface area contributed by atoms with Gasteiger partial charge in [0.05, 0.1) is 6.04 Å². The molecule has 3 aromatic carbocycles. The van der Waals surface area contributed by atoms with Gasteiger partial charge in [0.25, 0.3) is 0 Å². The van der Waals surface area contributed by atoms with Crippen LogP contribution in [0.1, 0.15) is 58.0 Å². The lowest BCUT2D eigenvalue weighted by atomic mass is 9.67. The molecular weight excluding hydrogens is 511 g/mol. The number of hydrogen-bond acceptors (Lipinski definition) is 6. The Balaban J connectivity index is 1.92. The number of amides is 1. The molecule has 1 aliphatic rings. The number of phenols is 2. The Kier molecular flexibility index (Phi) is 8.69. The van der Waals surface area contributed by atoms with Crippen LogP contribution in [-0.2, 0) is 4.79 Å². The number of Topliss-reactive ketones (excluding diaryl/α,β-unsaturated/α-hetero) is 2. The molecule has 0 aromatic heterocycles. The maximum Gasteiger partial charge on any atom is 0.234 e. The summed E-state index contributed by atoms with van der Waals surface area (Å²) in [5, 5.41) is 20.2. The fourth-order valence-corrected chi connectivity index (χ4v) is 5.89. The van der Waals surface area contributed by atoms with E-state index < -0.39 is 35.5 Å². The van der Waals surface area contributed by atoms with Gasteiger partial charge in [-0.15, -0.1) is 0 Å². The minimum absolute atomic E-state index is 0.0841.